The van der Waals surface area contributed by atoms with Crippen molar-refractivity contribution in [2.24, 2.45) is 0 Å². The molecule has 0 radical (unpaired) electrons. The predicted octanol–water partition coefficient (Wildman–Crippen LogP) is 1.71. The van der Waals surface area contributed by atoms with Crippen molar-refractivity contribution in [3.63, 3.8) is 0 Å². The molecule has 0 saturated carbocycles. The molecule has 0 aliphatic heterocycles. The first-order valence-corrected chi connectivity index (χ1v) is 6.66. The third kappa shape index (κ3) is 5.54. The fourth-order valence-electron chi connectivity index (χ4n) is 1.78. The van der Waals surface area contributed by atoms with E-state index in [4.69, 9.17) is 5.11 Å². The number of hydrogen-bond acceptors (Lipinski definition) is 4. The molecule has 6 nitrogen and oxygen atoms in total. The molecule has 0 fully saturated rings. The molecule has 1 aromatic heterocycles. The summed E-state index contributed by atoms with van der Waals surface area (Å²) in [4.78, 5) is 26.1. The topological polar surface area (TPSA) is 84.2 Å². The largest absolute Gasteiger partial charge is 0.481 e. The minimum Gasteiger partial charge on any atom is -0.481 e. The predicted molar refractivity (Wildman–Crippen MR) is 73.4 cm³/mol. The molecule has 106 valence electrons. The fourth-order valence-corrected chi connectivity index (χ4v) is 1.78. The Morgan fingerprint density at radius 1 is 1.37 bits per heavy atom. The average molecular weight is 267 g/mol. The molecule has 0 aliphatic carbocycles. The van der Waals surface area contributed by atoms with Gasteiger partial charge in [-0.1, -0.05) is 12.8 Å². The second-order valence-electron chi connectivity index (χ2n) is 4.35. The highest BCUT2D eigenvalue weighted by atomic mass is 16.4. The molecule has 0 saturated heterocycles. The number of nitrogens with one attached hydrogen (secondary N) is 1. The highest BCUT2D eigenvalue weighted by Gasteiger charge is 2.02. The summed E-state index contributed by atoms with van der Waals surface area (Å²) in [5.74, 6) is -0.360. The maximum Gasteiger partial charge on any atom is 0.303 e. The molecule has 0 atom stereocenters. The Bertz CT molecular complexity index is 457. The van der Waals surface area contributed by atoms with Crippen LogP contribution in [0.3, 0.4) is 0 Å². The van der Waals surface area contributed by atoms with Gasteiger partial charge in [0.1, 0.15) is 0 Å². The number of aryl methyl sites for hydroxylation is 1. The molecule has 1 heterocycles. The van der Waals surface area contributed by atoms with Crippen molar-refractivity contribution < 1.29 is 9.90 Å². The summed E-state index contributed by atoms with van der Waals surface area (Å²) in [7, 11) is 0. The van der Waals surface area contributed by atoms with Crippen LogP contribution in [-0.2, 0) is 11.3 Å². The van der Waals surface area contributed by atoms with Crippen LogP contribution in [0.25, 0.3) is 0 Å². The maximum absolute atomic E-state index is 11.8. The molecule has 1 aromatic rings. The molecule has 0 unspecified atom stereocenters. The van der Waals surface area contributed by atoms with E-state index in [1.165, 1.54) is 0 Å². The van der Waals surface area contributed by atoms with E-state index in [9.17, 15) is 9.59 Å². The molecule has 2 N–H and O–H groups in total. The summed E-state index contributed by atoms with van der Waals surface area (Å²) < 4.78 is 1.60. The van der Waals surface area contributed by atoms with Crippen LogP contribution < -0.4 is 10.9 Å². The molecule has 0 amide bonds. The summed E-state index contributed by atoms with van der Waals surface area (Å²) in [5, 5.41) is 11.5. The lowest BCUT2D eigenvalue weighted by molar-refractivity contribution is -0.137. The Balaban J connectivity index is 2.23. The van der Waals surface area contributed by atoms with Crippen LogP contribution in [0.4, 0.5) is 5.82 Å². The number of hydrogen-bond donors (Lipinski definition) is 2. The van der Waals surface area contributed by atoms with Crippen LogP contribution in [0.2, 0.25) is 0 Å². The summed E-state index contributed by atoms with van der Waals surface area (Å²) in [6.07, 6.45) is 6.97. The molecule has 0 spiro atoms. The van der Waals surface area contributed by atoms with Gasteiger partial charge in [0.15, 0.2) is 5.82 Å². The first-order valence-electron chi connectivity index (χ1n) is 6.66. The quantitative estimate of drug-likeness (QED) is 0.665. The van der Waals surface area contributed by atoms with E-state index < -0.39 is 5.97 Å². The van der Waals surface area contributed by atoms with Gasteiger partial charge in [0, 0.05) is 31.9 Å². The molecule has 6 heteroatoms. The SMILES string of the molecule is CCn1ccnc(NCCCCCCC(=O)O)c1=O. The highest BCUT2D eigenvalue weighted by molar-refractivity contribution is 5.66. The smallest absolute Gasteiger partial charge is 0.303 e. The van der Waals surface area contributed by atoms with E-state index in [0.717, 1.165) is 19.3 Å². The molecule has 0 aromatic carbocycles. The Labute approximate surface area is 112 Å². The number of carboxylic acids is 1. The summed E-state index contributed by atoms with van der Waals surface area (Å²) >= 11 is 0. The van der Waals surface area contributed by atoms with E-state index in [2.05, 4.69) is 10.3 Å². The van der Waals surface area contributed by atoms with Crippen molar-refractivity contribution in [3.05, 3.63) is 22.7 Å². The van der Waals surface area contributed by atoms with Crippen molar-refractivity contribution in [1.29, 1.82) is 0 Å². The van der Waals surface area contributed by atoms with Crippen LogP contribution >= 0.6 is 0 Å². The number of carboxylic acid groups (broad SMARTS) is 1. The second-order valence-corrected chi connectivity index (χ2v) is 4.35. The van der Waals surface area contributed by atoms with E-state index in [0.29, 0.717) is 25.3 Å². The third-order valence-corrected chi connectivity index (χ3v) is 2.86. The van der Waals surface area contributed by atoms with Gasteiger partial charge in [0.2, 0.25) is 0 Å². The monoisotopic (exact) mass is 267 g/mol. The van der Waals surface area contributed by atoms with E-state index in [1.54, 1.807) is 17.0 Å². The van der Waals surface area contributed by atoms with E-state index in [-0.39, 0.29) is 12.0 Å². The number of rotatable bonds is 9. The number of aromatic nitrogens is 2. The average Bonchev–Trinajstić information content (AvgIpc) is 2.39. The van der Waals surface area contributed by atoms with E-state index in [1.807, 2.05) is 6.92 Å². The van der Waals surface area contributed by atoms with Gasteiger partial charge in [-0.15, -0.1) is 0 Å². The zero-order valence-corrected chi connectivity index (χ0v) is 11.3. The Hall–Kier alpha value is -1.85. The number of carbonyl (C=O) groups is 1. The lowest BCUT2D eigenvalue weighted by atomic mass is 10.1. The maximum atomic E-state index is 11.8. The minimum absolute atomic E-state index is 0.101. The van der Waals surface area contributed by atoms with Gasteiger partial charge in [-0.05, 0) is 19.8 Å². The van der Waals surface area contributed by atoms with Gasteiger partial charge in [-0.3, -0.25) is 9.59 Å². The number of nitrogens with zero attached hydrogens (tertiary/aromatic N) is 2. The van der Waals surface area contributed by atoms with Crippen molar-refractivity contribution in [1.82, 2.24) is 9.55 Å². The van der Waals surface area contributed by atoms with Crippen LogP contribution in [0.1, 0.15) is 39.0 Å². The third-order valence-electron chi connectivity index (χ3n) is 2.86. The van der Waals surface area contributed by atoms with Crippen molar-refractivity contribution >= 4 is 11.8 Å². The molecule has 1 rings (SSSR count). The molecule has 0 bridgehead atoms. The van der Waals surface area contributed by atoms with Crippen molar-refractivity contribution in [2.45, 2.75) is 45.6 Å². The van der Waals surface area contributed by atoms with Crippen LogP contribution in [0, 0.1) is 0 Å². The fraction of sp³-hybridized carbons (Fsp3) is 0.615. The number of anilines is 1. The van der Waals surface area contributed by atoms with Crippen molar-refractivity contribution in [3.8, 4) is 0 Å². The van der Waals surface area contributed by atoms with Gasteiger partial charge < -0.3 is 15.0 Å². The molecule has 19 heavy (non-hydrogen) atoms. The van der Waals surface area contributed by atoms with Crippen LogP contribution in [-0.4, -0.2) is 27.2 Å². The normalized spacial score (nSPS) is 10.4. The number of unbranched alkanes of at least 4 members (excludes halogenated alkanes) is 3. The number of aliphatic carboxylic acids is 1. The van der Waals surface area contributed by atoms with Crippen LogP contribution in [0.15, 0.2) is 17.2 Å². The zero-order valence-electron chi connectivity index (χ0n) is 11.3. The lowest BCUT2D eigenvalue weighted by Crippen LogP contribution is -2.24. The first kappa shape index (κ1) is 15.2. The van der Waals surface area contributed by atoms with Gasteiger partial charge >= 0.3 is 5.97 Å². The Morgan fingerprint density at radius 2 is 2.11 bits per heavy atom. The van der Waals surface area contributed by atoms with E-state index >= 15 is 0 Å². The Morgan fingerprint density at radius 3 is 2.79 bits per heavy atom. The van der Waals surface area contributed by atoms with Crippen molar-refractivity contribution in [2.75, 3.05) is 11.9 Å². The highest BCUT2D eigenvalue weighted by Crippen LogP contribution is 2.03. The van der Waals surface area contributed by atoms with Crippen LogP contribution in [0.5, 0.6) is 0 Å². The Kier molecular flexibility index (Phi) is 6.63. The zero-order chi connectivity index (χ0) is 14.1. The summed E-state index contributed by atoms with van der Waals surface area (Å²) in [5.41, 5.74) is -0.101. The van der Waals surface area contributed by atoms with Gasteiger partial charge in [-0.25, -0.2) is 4.98 Å². The lowest BCUT2D eigenvalue weighted by Gasteiger charge is -2.07. The van der Waals surface area contributed by atoms with Gasteiger partial charge in [0.05, 0.1) is 0 Å². The minimum atomic E-state index is -0.744. The van der Waals surface area contributed by atoms with Gasteiger partial charge in [-0.2, -0.15) is 0 Å². The first-order chi connectivity index (χ1) is 9.15. The summed E-state index contributed by atoms with van der Waals surface area (Å²) in [6, 6.07) is 0. The molecular weight excluding hydrogens is 246 g/mol. The second kappa shape index (κ2) is 8.29. The standard InChI is InChI=1S/C13H21N3O3/c1-2-16-10-9-15-12(13(16)19)14-8-6-4-3-5-7-11(17)18/h9-10H,2-8H2,1H3,(H,14,15)(H,17,18). The molecule has 0 aliphatic rings. The summed E-state index contributed by atoms with van der Waals surface area (Å²) in [6.45, 7) is 3.22. The van der Waals surface area contributed by atoms with Gasteiger partial charge in [0.25, 0.3) is 5.56 Å². The molecular formula is C13H21N3O3.